The molecule has 0 unspecified atom stereocenters. The molecule has 10 aromatic carbocycles. The average Bonchev–Trinajstić information content (AvgIpc) is 3.99. The molecule has 1 aromatic heterocycles. The summed E-state index contributed by atoms with van der Waals surface area (Å²) in [4.78, 5) is 4.86. The lowest BCUT2D eigenvalue weighted by molar-refractivity contribution is 0.660. The van der Waals surface area contributed by atoms with Crippen molar-refractivity contribution in [3.05, 3.63) is 253 Å². The Kier molecular flexibility index (Phi) is 9.22. The van der Waals surface area contributed by atoms with E-state index in [0.29, 0.717) is 0 Å². The third-order valence-corrected chi connectivity index (χ3v) is 15.1. The lowest BCUT2D eigenvalue weighted by atomic mass is 9.82. The van der Waals surface area contributed by atoms with Crippen LogP contribution in [0.1, 0.15) is 49.9 Å². The topological polar surface area (TPSA) is 19.6 Å². The Hall–Kier alpha value is -8.40. The van der Waals surface area contributed by atoms with Gasteiger partial charge in [-0.1, -0.05) is 210 Å². The van der Waals surface area contributed by atoms with Gasteiger partial charge in [0.1, 0.15) is 0 Å². The van der Waals surface area contributed by atoms with Crippen LogP contribution in [0.5, 0.6) is 0 Å². The fraction of sp³-hybridized carbons (Fsp3) is 0.0909. The zero-order chi connectivity index (χ0) is 46.4. The van der Waals surface area contributed by atoms with Gasteiger partial charge in [-0.05, 0) is 104 Å². The van der Waals surface area contributed by atoms with E-state index in [4.69, 9.17) is 4.42 Å². The number of nitrogens with zero attached hydrogens (tertiary/aromatic N) is 2. The summed E-state index contributed by atoms with van der Waals surface area (Å²) in [5, 5.41) is 2.13. The molecule has 3 heteroatoms. The van der Waals surface area contributed by atoms with Crippen LogP contribution in [0.4, 0.5) is 34.1 Å². The van der Waals surface area contributed by atoms with E-state index in [1.807, 2.05) is 0 Å². The quantitative estimate of drug-likeness (QED) is 0.152. The molecule has 0 amide bonds. The maximum Gasteiger partial charge on any atom is 0.159 e. The second-order valence-corrected chi connectivity index (χ2v) is 19.6. The molecule has 0 N–H and O–H groups in total. The molecule has 0 aliphatic heterocycles. The number of anilines is 6. The minimum absolute atomic E-state index is 0.166. The molecule has 69 heavy (non-hydrogen) atoms. The first-order valence-corrected chi connectivity index (χ1v) is 24.1. The van der Waals surface area contributed by atoms with Gasteiger partial charge in [0.15, 0.2) is 11.2 Å². The molecule has 0 atom stereocenters. The molecule has 1 heterocycles. The van der Waals surface area contributed by atoms with Gasteiger partial charge in [-0.25, -0.2) is 0 Å². The van der Waals surface area contributed by atoms with Crippen molar-refractivity contribution in [3.8, 4) is 44.5 Å². The number of benzene rings is 10. The van der Waals surface area contributed by atoms with Crippen molar-refractivity contribution in [1.29, 1.82) is 0 Å². The number of rotatable bonds is 8. The van der Waals surface area contributed by atoms with Crippen LogP contribution in [0.25, 0.3) is 66.4 Å². The smallest absolute Gasteiger partial charge is 0.159 e. The molecule has 3 nitrogen and oxygen atoms in total. The third-order valence-electron chi connectivity index (χ3n) is 15.1. The summed E-state index contributed by atoms with van der Waals surface area (Å²) in [6.45, 7) is 9.41. The molecule has 0 radical (unpaired) electrons. The Bertz CT molecular complexity index is 3520. The summed E-state index contributed by atoms with van der Waals surface area (Å²) >= 11 is 0. The highest BCUT2D eigenvalue weighted by Gasteiger charge is 2.40. The van der Waals surface area contributed by atoms with E-state index in [-0.39, 0.29) is 10.8 Å². The van der Waals surface area contributed by atoms with E-state index in [1.165, 1.54) is 66.8 Å². The van der Waals surface area contributed by atoms with Crippen LogP contribution >= 0.6 is 0 Å². The molecular formula is C66H50N2O. The van der Waals surface area contributed by atoms with Gasteiger partial charge in [0.25, 0.3) is 0 Å². The molecule has 11 aromatic rings. The number of hydrogen-bond donors (Lipinski definition) is 0. The van der Waals surface area contributed by atoms with Crippen molar-refractivity contribution in [2.24, 2.45) is 0 Å². The molecule has 13 rings (SSSR count). The number of furan rings is 1. The third kappa shape index (κ3) is 6.27. The lowest BCUT2D eigenvalue weighted by Crippen LogP contribution is -2.16. The van der Waals surface area contributed by atoms with Crippen LogP contribution in [0, 0.1) is 0 Å². The molecule has 330 valence electrons. The van der Waals surface area contributed by atoms with Crippen LogP contribution in [0.2, 0.25) is 0 Å². The largest absolute Gasteiger partial charge is 0.452 e. The van der Waals surface area contributed by atoms with Gasteiger partial charge in [-0.2, -0.15) is 0 Å². The molecule has 0 bridgehead atoms. The Morgan fingerprint density at radius 1 is 0.290 bits per heavy atom. The number of para-hydroxylation sites is 2. The molecule has 0 saturated heterocycles. The van der Waals surface area contributed by atoms with Crippen LogP contribution in [-0.2, 0) is 10.8 Å². The number of hydrogen-bond acceptors (Lipinski definition) is 3. The van der Waals surface area contributed by atoms with Crippen molar-refractivity contribution in [2.45, 2.75) is 38.5 Å². The molecular weight excluding hydrogens is 837 g/mol. The lowest BCUT2D eigenvalue weighted by Gasteiger charge is -2.29. The van der Waals surface area contributed by atoms with Gasteiger partial charge in [0, 0.05) is 44.1 Å². The number of fused-ring (bicyclic) bond motifs is 9. The summed E-state index contributed by atoms with van der Waals surface area (Å²) in [6.07, 6.45) is 0. The van der Waals surface area contributed by atoms with Crippen LogP contribution in [-0.4, -0.2) is 0 Å². The van der Waals surface area contributed by atoms with Crippen LogP contribution in [0.15, 0.2) is 235 Å². The predicted molar refractivity (Wildman–Crippen MR) is 289 cm³/mol. The van der Waals surface area contributed by atoms with Crippen molar-refractivity contribution in [3.63, 3.8) is 0 Å². The predicted octanol–water partition coefficient (Wildman–Crippen LogP) is 18.5. The van der Waals surface area contributed by atoms with E-state index in [1.54, 1.807) is 0 Å². The monoisotopic (exact) mass is 886 g/mol. The molecule has 2 aliphatic rings. The van der Waals surface area contributed by atoms with E-state index >= 15 is 0 Å². The normalized spacial score (nSPS) is 13.7. The highest BCUT2D eigenvalue weighted by atomic mass is 16.3. The van der Waals surface area contributed by atoms with Gasteiger partial charge in [-0.15, -0.1) is 0 Å². The fourth-order valence-electron chi connectivity index (χ4n) is 11.7. The Labute approximate surface area is 404 Å². The Balaban J connectivity index is 1.05. The zero-order valence-electron chi connectivity index (χ0n) is 39.2. The van der Waals surface area contributed by atoms with Crippen molar-refractivity contribution in [2.75, 3.05) is 9.80 Å². The van der Waals surface area contributed by atoms with E-state index in [0.717, 1.165) is 56.1 Å². The fourth-order valence-corrected chi connectivity index (χ4v) is 11.7. The van der Waals surface area contributed by atoms with E-state index in [9.17, 15) is 0 Å². The van der Waals surface area contributed by atoms with Crippen LogP contribution < -0.4 is 9.80 Å². The molecule has 0 spiro atoms. The first kappa shape index (κ1) is 40.8. The van der Waals surface area contributed by atoms with Crippen molar-refractivity contribution < 1.29 is 4.42 Å². The summed E-state index contributed by atoms with van der Waals surface area (Å²) in [5.41, 5.74) is 22.7. The van der Waals surface area contributed by atoms with E-state index in [2.05, 4.69) is 268 Å². The highest BCUT2D eigenvalue weighted by molar-refractivity contribution is 6.15. The summed E-state index contributed by atoms with van der Waals surface area (Å²) in [7, 11) is 0. The Morgan fingerprint density at radius 3 is 1.04 bits per heavy atom. The van der Waals surface area contributed by atoms with Gasteiger partial charge in [-0.3, -0.25) is 0 Å². The SMILES string of the molecule is CC1(C)c2ccccc2-c2c(N(c3ccc(-c4ccccc4)cc3)c3cccc4c3oc3c(N(c5ccc(-c6ccccc6)cc5)c5cccc6c5-c5ccccc5C6(C)C)cccc34)cccc21. The van der Waals surface area contributed by atoms with Crippen LogP contribution in [0.3, 0.4) is 0 Å². The van der Waals surface area contributed by atoms with E-state index < -0.39 is 0 Å². The second kappa shape index (κ2) is 15.6. The average molecular weight is 887 g/mol. The Morgan fingerprint density at radius 2 is 0.623 bits per heavy atom. The summed E-state index contributed by atoms with van der Waals surface area (Å²) in [5.74, 6) is 0. The van der Waals surface area contributed by atoms with Gasteiger partial charge in [0.2, 0.25) is 0 Å². The maximum atomic E-state index is 7.52. The van der Waals surface area contributed by atoms with Gasteiger partial charge < -0.3 is 14.2 Å². The molecule has 2 aliphatic carbocycles. The first-order chi connectivity index (χ1) is 33.8. The van der Waals surface area contributed by atoms with Gasteiger partial charge >= 0.3 is 0 Å². The van der Waals surface area contributed by atoms with Crippen molar-refractivity contribution >= 4 is 56.1 Å². The summed E-state index contributed by atoms with van der Waals surface area (Å²) < 4.78 is 7.52. The molecule has 0 fully saturated rings. The zero-order valence-corrected chi connectivity index (χ0v) is 39.2. The minimum Gasteiger partial charge on any atom is -0.452 e. The van der Waals surface area contributed by atoms with Crippen molar-refractivity contribution in [1.82, 2.24) is 0 Å². The highest BCUT2D eigenvalue weighted by Crippen LogP contribution is 2.57. The minimum atomic E-state index is -0.166. The summed E-state index contributed by atoms with van der Waals surface area (Å²) in [6, 6.07) is 84.0. The maximum absolute atomic E-state index is 7.52. The second-order valence-electron chi connectivity index (χ2n) is 19.6. The standard InChI is InChI=1S/C66H50N2O/c1-65(2)53-27-13-11-23-51(53)61-55(65)29-17-31-57(61)67(47-39-35-45(36-40-47)43-19-7-5-8-20-43)59-33-15-25-49-50-26-16-34-60(64(50)69-63(49)59)68(48-41-37-46(38-42-48)44-21-9-6-10-22-44)58-32-18-30-56-62(58)52-24-12-14-28-54(52)66(56,3)4/h5-42H,1-4H3. The first-order valence-electron chi connectivity index (χ1n) is 24.1. The van der Waals surface area contributed by atoms with Gasteiger partial charge in [0.05, 0.1) is 22.7 Å². The molecule has 0 saturated carbocycles.